The summed E-state index contributed by atoms with van der Waals surface area (Å²) in [7, 11) is 0. The van der Waals surface area contributed by atoms with Gasteiger partial charge >= 0.3 is 0 Å². The largest absolute Gasteiger partial charge is 0.348 e. The van der Waals surface area contributed by atoms with Gasteiger partial charge in [0, 0.05) is 23.7 Å². The summed E-state index contributed by atoms with van der Waals surface area (Å²) in [5, 5.41) is 4.04. The Kier molecular flexibility index (Phi) is 3.65. The van der Waals surface area contributed by atoms with Crippen LogP contribution in [0, 0.1) is 6.92 Å². The first-order chi connectivity index (χ1) is 10.2. The Labute approximate surface area is 123 Å². The fourth-order valence-electron chi connectivity index (χ4n) is 2.37. The smallest absolute Gasteiger partial charge is 0.251 e. The van der Waals surface area contributed by atoms with Gasteiger partial charge in [-0.3, -0.25) is 9.78 Å². The minimum absolute atomic E-state index is 0.0559. The lowest BCUT2D eigenvalue weighted by Gasteiger charge is -2.08. The maximum atomic E-state index is 12.2. The lowest BCUT2D eigenvalue weighted by molar-refractivity contribution is 0.0951. The number of nitrogens with zero attached hydrogens (tertiary/aromatic N) is 1. The molecule has 3 aromatic rings. The number of aromatic nitrogens is 1. The van der Waals surface area contributed by atoms with Crippen molar-refractivity contribution in [2.45, 2.75) is 13.5 Å². The van der Waals surface area contributed by atoms with Gasteiger partial charge in [-0.05, 0) is 36.8 Å². The van der Waals surface area contributed by atoms with Crippen LogP contribution >= 0.6 is 0 Å². The van der Waals surface area contributed by atoms with E-state index in [0.29, 0.717) is 12.1 Å². The summed E-state index contributed by atoms with van der Waals surface area (Å²) in [4.78, 5) is 16.5. The molecular formula is C18H16N2O. The van der Waals surface area contributed by atoms with Crippen molar-refractivity contribution < 1.29 is 4.79 Å². The molecule has 0 aliphatic carbocycles. The average molecular weight is 276 g/mol. The van der Waals surface area contributed by atoms with Crippen LogP contribution in [-0.4, -0.2) is 10.9 Å². The van der Waals surface area contributed by atoms with Crippen molar-refractivity contribution in [3.05, 3.63) is 77.5 Å². The molecule has 3 nitrogen and oxygen atoms in total. The van der Waals surface area contributed by atoms with Gasteiger partial charge in [0.2, 0.25) is 0 Å². The number of carbonyl (C=O) groups is 1. The molecule has 0 bridgehead atoms. The molecule has 1 amide bonds. The second-order valence-electron chi connectivity index (χ2n) is 5.04. The van der Waals surface area contributed by atoms with Gasteiger partial charge in [0.15, 0.2) is 0 Å². The monoisotopic (exact) mass is 276 g/mol. The van der Waals surface area contributed by atoms with Crippen molar-refractivity contribution in [3.63, 3.8) is 0 Å². The van der Waals surface area contributed by atoms with E-state index >= 15 is 0 Å². The third kappa shape index (κ3) is 2.92. The number of para-hydroxylation sites is 1. The van der Waals surface area contributed by atoms with E-state index in [1.54, 1.807) is 6.20 Å². The summed E-state index contributed by atoms with van der Waals surface area (Å²) < 4.78 is 0. The first kappa shape index (κ1) is 13.3. The molecule has 0 aliphatic heterocycles. The molecular weight excluding hydrogens is 260 g/mol. The van der Waals surface area contributed by atoms with Crippen LogP contribution in [-0.2, 0) is 6.54 Å². The van der Waals surface area contributed by atoms with E-state index < -0.39 is 0 Å². The first-order valence-electron chi connectivity index (χ1n) is 6.91. The molecule has 0 saturated heterocycles. The minimum Gasteiger partial charge on any atom is -0.348 e. The van der Waals surface area contributed by atoms with Gasteiger partial charge in [-0.15, -0.1) is 0 Å². The summed E-state index contributed by atoms with van der Waals surface area (Å²) in [6.45, 7) is 2.48. The van der Waals surface area contributed by atoms with Gasteiger partial charge in [0.1, 0.15) is 0 Å². The van der Waals surface area contributed by atoms with E-state index in [0.717, 1.165) is 22.0 Å². The topological polar surface area (TPSA) is 42.0 Å². The fraction of sp³-hybridized carbons (Fsp3) is 0.111. The Morgan fingerprint density at radius 1 is 1.10 bits per heavy atom. The van der Waals surface area contributed by atoms with E-state index in [1.807, 2.05) is 61.5 Å². The first-order valence-corrected chi connectivity index (χ1v) is 6.91. The quantitative estimate of drug-likeness (QED) is 0.796. The summed E-state index contributed by atoms with van der Waals surface area (Å²) in [6, 6.07) is 17.5. The number of carbonyl (C=O) groups excluding carboxylic acids is 1. The fourth-order valence-corrected chi connectivity index (χ4v) is 2.37. The van der Waals surface area contributed by atoms with E-state index in [-0.39, 0.29) is 5.91 Å². The number of fused-ring (bicyclic) bond motifs is 1. The normalized spacial score (nSPS) is 10.5. The molecule has 0 unspecified atom stereocenters. The summed E-state index contributed by atoms with van der Waals surface area (Å²) in [6.07, 6.45) is 1.77. The van der Waals surface area contributed by atoms with Crippen LogP contribution in [0.5, 0.6) is 0 Å². The number of hydrogen-bond donors (Lipinski definition) is 1. The average Bonchev–Trinajstić information content (AvgIpc) is 2.52. The predicted octanol–water partition coefficient (Wildman–Crippen LogP) is 3.47. The lowest BCUT2D eigenvalue weighted by atomic mass is 10.1. The van der Waals surface area contributed by atoms with Crippen LogP contribution in [0.4, 0.5) is 0 Å². The molecule has 1 heterocycles. The molecule has 0 spiro atoms. The Bertz CT molecular complexity index is 791. The third-order valence-corrected chi connectivity index (χ3v) is 3.46. The second kappa shape index (κ2) is 5.75. The highest BCUT2D eigenvalue weighted by molar-refractivity contribution is 5.94. The highest BCUT2D eigenvalue weighted by Crippen LogP contribution is 2.16. The Hall–Kier alpha value is -2.68. The van der Waals surface area contributed by atoms with E-state index in [4.69, 9.17) is 0 Å². The Morgan fingerprint density at radius 2 is 1.95 bits per heavy atom. The molecule has 104 valence electrons. The van der Waals surface area contributed by atoms with Crippen molar-refractivity contribution >= 4 is 16.8 Å². The predicted molar refractivity (Wildman–Crippen MR) is 84.1 cm³/mol. The molecule has 0 radical (unpaired) electrons. The lowest BCUT2D eigenvalue weighted by Crippen LogP contribution is -2.22. The van der Waals surface area contributed by atoms with Crippen LogP contribution in [0.15, 0.2) is 60.8 Å². The zero-order chi connectivity index (χ0) is 14.7. The van der Waals surface area contributed by atoms with Crippen molar-refractivity contribution in [2.75, 3.05) is 0 Å². The number of amides is 1. The number of pyridine rings is 1. The summed E-state index contributed by atoms with van der Waals surface area (Å²) >= 11 is 0. The highest BCUT2D eigenvalue weighted by Gasteiger charge is 2.06. The SMILES string of the molecule is Cc1cccc(C(=O)NCc2ccnc3ccccc23)c1. The van der Waals surface area contributed by atoms with Crippen LogP contribution in [0.2, 0.25) is 0 Å². The summed E-state index contributed by atoms with van der Waals surface area (Å²) in [5.74, 6) is -0.0559. The number of aryl methyl sites for hydroxylation is 1. The number of hydrogen-bond acceptors (Lipinski definition) is 2. The molecule has 3 heteroatoms. The molecule has 3 rings (SSSR count). The van der Waals surface area contributed by atoms with Gasteiger partial charge in [-0.25, -0.2) is 0 Å². The molecule has 0 atom stereocenters. The standard InChI is InChI=1S/C18H16N2O/c1-13-5-4-6-14(11-13)18(21)20-12-15-9-10-19-17-8-3-2-7-16(15)17/h2-11H,12H2,1H3,(H,20,21). The zero-order valence-corrected chi connectivity index (χ0v) is 11.8. The van der Waals surface area contributed by atoms with Crippen LogP contribution in [0.25, 0.3) is 10.9 Å². The van der Waals surface area contributed by atoms with Crippen molar-refractivity contribution in [2.24, 2.45) is 0 Å². The number of benzene rings is 2. The van der Waals surface area contributed by atoms with Crippen molar-refractivity contribution in [1.29, 1.82) is 0 Å². The number of nitrogens with one attached hydrogen (secondary N) is 1. The van der Waals surface area contributed by atoms with Gasteiger partial charge < -0.3 is 5.32 Å². The van der Waals surface area contributed by atoms with Crippen LogP contribution < -0.4 is 5.32 Å². The van der Waals surface area contributed by atoms with Gasteiger partial charge in [-0.2, -0.15) is 0 Å². The molecule has 0 aliphatic rings. The van der Waals surface area contributed by atoms with E-state index in [2.05, 4.69) is 10.3 Å². The molecule has 2 aromatic carbocycles. The maximum absolute atomic E-state index is 12.2. The Balaban J connectivity index is 1.79. The number of rotatable bonds is 3. The summed E-state index contributed by atoms with van der Waals surface area (Å²) in [5.41, 5.74) is 3.78. The molecule has 1 aromatic heterocycles. The minimum atomic E-state index is -0.0559. The highest BCUT2D eigenvalue weighted by atomic mass is 16.1. The van der Waals surface area contributed by atoms with Crippen LogP contribution in [0.1, 0.15) is 21.5 Å². The van der Waals surface area contributed by atoms with Gasteiger partial charge in [-0.1, -0.05) is 35.9 Å². The van der Waals surface area contributed by atoms with Crippen LogP contribution in [0.3, 0.4) is 0 Å². The second-order valence-corrected chi connectivity index (χ2v) is 5.04. The van der Waals surface area contributed by atoms with E-state index in [1.165, 1.54) is 0 Å². The van der Waals surface area contributed by atoms with Gasteiger partial charge in [0.05, 0.1) is 5.52 Å². The van der Waals surface area contributed by atoms with E-state index in [9.17, 15) is 4.79 Å². The zero-order valence-electron chi connectivity index (χ0n) is 11.8. The molecule has 1 N–H and O–H groups in total. The van der Waals surface area contributed by atoms with Gasteiger partial charge in [0.25, 0.3) is 5.91 Å². The molecule has 0 fully saturated rings. The molecule has 21 heavy (non-hydrogen) atoms. The Morgan fingerprint density at radius 3 is 2.81 bits per heavy atom. The molecule has 0 saturated carbocycles. The van der Waals surface area contributed by atoms with Crippen molar-refractivity contribution in [1.82, 2.24) is 10.3 Å². The maximum Gasteiger partial charge on any atom is 0.251 e. The van der Waals surface area contributed by atoms with Crippen molar-refractivity contribution in [3.8, 4) is 0 Å². The third-order valence-electron chi connectivity index (χ3n) is 3.46.